The fraction of sp³-hybridized carbons (Fsp3) is 0.154. The second-order valence-electron chi connectivity index (χ2n) is 7.67. The van der Waals surface area contributed by atoms with Crippen molar-refractivity contribution in [1.82, 2.24) is 9.88 Å². The summed E-state index contributed by atoms with van der Waals surface area (Å²) in [5.41, 5.74) is 4.39. The number of pyridine rings is 1. The fourth-order valence-corrected chi connectivity index (χ4v) is 4.39. The Balaban J connectivity index is 1.44. The summed E-state index contributed by atoms with van der Waals surface area (Å²) in [6.45, 7) is 2.82. The number of hydrogen-bond acceptors (Lipinski definition) is 3. The molecule has 0 atom stereocenters. The van der Waals surface area contributed by atoms with Gasteiger partial charge in [-0.25, -0.2) is 4.98 Å². The van der Waals surface area contributed by atoms with Crippen molar-refractivity contribution in [3.8, 4) is 11.3 Å². The van der Waals surface area contributed by atoms with E-state index >= 15 is 0 Å². The van der Waals surface area contributed by atoms with Gasteiger partial charge < -0.3 is 9.80 Å². The molecule has 31 heavy (non-hydrogen) atoms. The Morgan fingerprint density at radius 3 is 2.26 bits per heavy atom. The summed E-state index contributed by atoms with van der Waals surface area (Å²) in [5.74, 6) is 0.0505. The zero-order valence-corrected chi connectivity index (χ0v) is 17.8. The normalized spacial score (nSPS) is 14.1. The molecule has 1 saturated heterocycles. The Kier molecular flexibility index (Phi) is 5.31. The molecule has 5 heteroatoms. The molecule has 2 heterocycles. The van der Waals surface area contributed by atoms with E-state index in [9.17, 15) is 4.79 Å². The van der Waals surface area contributed by atoms with Crippen LogP contribution in [0.2, 0.25) is 5.02 Å². The highest BCUT2D eigenvalue weighted by Gasteiger charge is 2.25. The van der Waals surface area contributed by atoms with Crippen molar-refractivity contribution in [3.05, 3.63) is 95.5 Å². The van der Waals surface area contributed by atoms with Crippen molar-refractivity contribution in [1.29, 1.82) is 0 Å². The van der Waals surface area contributed by atoms with Crippen LogP contribution in [-0.4, -0.2) is 42.0 Å². The predicted octanol–water partition coefficient (Wildman–Crippen LogP) is 5.52. The molecule has 1 aliphatic rings. The number of hydrogen-bond donors (Lipinski definition) is 0. The third-order valence-electron chi connectivity index (χ3n) is 5.78. The van der Waals surface area contributed by atoms with Crippen molar-refractivity contribution in [2.24, 2.45) is 0 Å². The van der Waals surface area contributed by atoms with Gasteiger partial charge in [-0.05, 0) is 24.3 Å². The third-order valence-corrected chi connectivity index (χ3v) is 6.10. The lowest BCUT2D eigenvalue weighted by Crippen LogP contribution is -2.49. The van der Waals surface area contributed by atoms with Gasteiger partial charge in [0.1, 0.15) is 0 Å². The molecular weight excluding hydrogens is 406 g/mol. The first-order valence-corrected chi connectivity index (χ1v) is 10.8. The molecule has 0 bridgehead atoms. The molecule has 1 aromatic heterocycles. The Bertz CT molecular complexity index is 1230. The highest BCUT2D eigenvalue weighted by atomic mass is 35.5. The lowest BCUT2D eigenvalue weighted by atomic mass is 10.0. The standard InChI is InChI=1S/C26H22ClN3O/c27-22-11-5-7-13-25(22)29-14-16-30(17-15-29)26(31)21-18-24(19-8-2-1-3-9-19)28-23-12-6-4-10-20(21)23/h1-13,18H,14-17H2. The highest BCUT2D eigenvalue weighted by Crippen LogP contribution is 2.28. The van der Waals surface area contributed by atoms with Gasteiger partial charge in [0, 0.05) is 37.1 Å². The second kappa shape index (κ2) is 8.40. The molecule has 1 aliphatic heterocycles. The van der Waals surface area contributed by atoms with Crippen LogP contribution in [0.3, 0.4) is 0 Å². The van der Waals surface area contributed by atoms with E-state index in [0.717, 1.165) is 46.0 Å². The summed E-state index contributed by atoms with van der Waals surface area (Å²) in [7, 11) is 0. The van der Waals surface area contributed by atoms with Crippen LogP contribution >= 0.6 is 11.6 Å². The van der Waals surface area contributed by atoms with Gasteiger partial charge in [-0.3, -0.25) is 4.79 Å². The van der Waals surface area contributed by atoms with Crippen LogP contribution in [0.1, 0.15) is 10.4 Å². The van der Waals surface area contributed by atoms with Crippen LogP contribution in [0.25, 0.3) is 22.2 Å². The fourth-order valence-electron chi connectivity index (χ4n) is 4.14. The van der Waals surface area contributed by atoms with Gasteiger partial charge in [0.2, 0.25) is 0 Å². The number of piperazine rings is 1. The number of rotatable bonds is 3. The van der Waals surface area contributed by atoms with Crippen LogP contribution in [0.5, 0.6) is 0 Å². The maximum Gasteiger partial charge on any atom is 0.254 e. The van der Waals surface area contributed by atoms with Crippen molar-refractivity contribution >= 4 is 34.1 Å². The Morgan fingerprint density at radius 2 is 1.48 bits per heavy atom. The van der Waals surface area contributed by atoms with Crippen LogP contribution in [0.15, 0.2) is 84.9 Å². The second-order valence-corrected chi connectivity index (χ2v) is 8.08. The minimum absolute atomic E-state index is 0.0505. The zero-order chi connectivity index (χ0) is 21.2. The predicted molar refractivity (Wildman–Crippen MR) is 127 cm³/mol. The molecule has 0 radical (unpaired) electrons. The lowest BCUT2D eigenvalue weighted by molar-refractivity contribution is 0.0749. The average Bonchev–Trinajstić information content (AvgIpc) is 2.84. The summed E-state index contributed by atoms with van der Waals surface area (Å²) in [6, 6.07) is 27.7. The number of anilines is 1. The van der Waals surface area contributed by atoms with Crippen LogP contribution < -0.4 is 4.90 Å². The zero-order valence-electron chi connectivity index (χ0n) is 17.0. The van der Waals surface area contributed by atoms with Crippen LogP contribution in [-0.2, 0) is 0 Å². The molecule has 0 N–H and O–H groups in total. The number of para-hydroxylation sites is 2. The molecule has 3 aromatic carbocycles. The summed E-state index contributed by atoms with van der Waals surface area (Å²) in [6.07, 6.45) is 0. The quantitative estimate of drug-likeness (QED) is 0.432. The smallest absolute Gasteiger partial charge is 0.254 e. The molecule has 0 spiro atoms. The van der Waals surface area contributed by atoms with Crippen molar-refractivity contribution in [2.45, 2.75) is 0 Å². The van der Waals surface area contributed by atoms with Gasteiger partial charge in [0.25, 0.3) is 5.91 Å². The summed E-state index contributed by atoms with van der Waals surface area (Å²) in [5, 5.41) is 1.63. The topological polar surface area (TPSA) is 36.4 Å². The Hall–Kier alpha value is -3.37. The van der Waals surface area contributed by atoms with Crippen molar-refractivity contribution in [3.63, 3.8) is 0 Å². The first-order valence-electron chi connectivity index (χ1n) is 10.4. The molecular formula is C26H22ClN3O. The third kappa shape index (κ3) is 3.87. The Labute approximate surface area is 186 Å². The van der Waals surface area contributed by atoms with E-state index in [1.54, 1.807) is 0 Å². The van der Waals surface area contributed by atoms with Crippen LogP contribution in [0.4, 0.5) is 5.69 Å². The summed E-state index contributed by atoms with van der Waals surface area (Å²) < 4.78 is 0. The van der Waals surface area contributed by atoms with Gasteiger partial charge in [-0.15, -0.1) is 0 Å². The number of benzene rings is 3. The number of fused-ring (bicyclic) bond motifs is 1. The minimum atomic E-state index is 0.0505. The van der Waals surface area contributed by atoms with E-state index in [4.69, 9.17) is 16.6 Å². The number of halogens is 1. The molecule has 0 saturated carbocycles. The molecule has 4 nitrogen and oxygen atoms in total. The number of carbonyl (C=O) groups excluding carboxylic acids is 1. The number of nitrogens with zero attached hydrogens (tertiary/aromatic N) is 3. The van der Waals surface area contributed by atoms with E-state index in [-0.39, 0.29) is 5.91 Å². The number of aromatic nitrogens is 1. The van der Waals surface area contributed by atoms with E-state index < -0.39 is 0 Å². The molecule has 154 valence electrons. The van der Waals surface area contributed by atoms with Crippen LogP contribution in [0, 0.1) is 0 Å². The van der Waals surface area contributed by atoms with E-state index in [2.05, 4.69) is 4.90 Å². The monoisotopic (exact) mass is 427 g/mol. The Morgan fingerprint density at radius 1 is 0.806 bits per heavy atom. The molecule has 0 unspecified atom stereocenters. The molecule has 0 aliphatic carbocycles. The first-order chi connectivity index (χ1) is 15.2. The van der Waals surface area contributed by atoms with Crippen molar-refractivity contribution < 1.29 is 4.79 Å². The van der Waals surface area contributed by atoms with Crippen molar-refractivity contribution in [2.75, 3.05) is 31.1 Å². The van der Waals surface area contributed by atoms with E-state index in [1.807, 2.05) is 89.8 Å². The minimum Gasteiger partial charge on any atom is -0.367 e. The van der Waals surface area contributed by atoms with Gasteiger partial charge in [0.15, 0.2) is 0 Å². The van der Waals surface area contributed by atoms with Gasteiger partial charge in [-0.2, -0.15) is 0 Å². The summed E-state index contributed by atoms with van der Waals surface area (Å²) in [4.78, 5) is 22.5. The molecule has 1 amide bonds. The maximum absolute atomic E-state index is 13.6. The molecule has 5 rings (SSSR count). The van der Waals surface area contributed by atoms with E-state index in [1.165, 1.54) is 0 Å². The van der Waals surface area contributed by atoms with Gasteiger partial charge in [0.05, 0.1) is 27.5 Å². The maximum atomic E-state index is 13.6. The molecule has 1 fully saturated rings. The average molecular weight is 428 g/mol. The van der Waals surface area contributed by atoms with Gasteiger partial charge in [-0.1, -0.05) is 72.3 Å². The molecule has 4 aromatic rings. The number of carbonyl (C=O) groups is 1. The van der Waals surface area contributed by atoms with E-state index in [0.29, 0.717) is 18.7 Å². The first kappa shape index (κ1) is 19.6. The lowest BCUT2D eigenvalue weighted by Gasteiger charge is -2.36. The highest BCUT2D eigenvalue weighted by molar-refractivity contribution is 6.33. The number of amides is 1. The SMILES string of the molecule is O=C(c1cc(-c2ccccc2)nc2ccccc12)N1CCN(c2ccccc2Cl)CC1. The largest absolute Gasteiger partial charge is 0.367 e. The van der Waals surface area contributed by atoms with Gasteiger partial charge >= 0.3 is 0 Å². The summed E-state index contributed by atoms with van der Waals surface area (Å²) >= 11 is 6.36.